The summed E-state index contributed by atoms with van der Waals surface area (Å²) >= 11 is 0. The van der Waals surface area contributed by atoms with Gasteiger partial charge in [0, 0.05) is 43.9 Å². The summed E-state index contributed by atoms with van der Waals surface area (Å²) in [5, 5.41) is 4.11. The fourth-order valence-electron chi connectivity index (χ4n) is 3.22. The van der Waals surface area contributed by atoms with Gasteiger partial charge in [-0.15, -0.1) is 0 Å². The molecule has 2 aromatic rings. The largest absolute Gasteiger partial charge is 0.370 e. The summed E-state index contributed by atoms with van der Waals surface area (Å²) in [4.78, 5) is 8.89. The molecule has 1 aliphatic rings. The first-order valence-electron chi connectivity index (χ1n) is 9.14. The summed E-state index contributed by atoms with van der Waals surface area (Å²) in [5.74, 6) is 1.23. The minimum Gasteiger partial charge on any atom is -0.370 e. The maximum absolute atomic E-state index is 13.1. The van der Waals surface area contributed by atoms with Gasteiger partial charge in [-0.1, -0.05) is 19.0 Å². The van der Waals surface area contributed by atoms with Gasteiger partial charge >= 0.3 is 0 Å². The molecule has 0 bridgehead atoms. The molecule has 1 fully saturated rings. The zero-order valence-electron chi connectivity index (χ0n) is 15.4. The van der Waals surface area contributed by atoms with Crippen molar-refractivity contribution < 1.29 is 8.91 Å². The molecule has 0 radical (unpaired) electrons. The fourth-order valence-corrected chi connectivity index (χ4v) is 3.22. The highest BCUT2D eigenvalue weighted by atomic mass is 19.1. The molecule has 0 saturated carbocycles. The maximum atomic E-state index is 13.1. The molecule has 140 valence electrons. The Balaban J connectivity index is 1.59. The van der Waals surface area contributed by atoms with E-state index < -0.39 is 0 Å². The summed E-state index contributed by atoms with van der Waals surface area (Å²) < 4.78 is 18.4. The van der Waals surface area contributed by atoms with Crippen LogP contribution in [-0.4, -0.2) is 42.2 Å². The van der Waals surface area contributed by atoms with Crippen LogP contribution in [0.15, 0.2) is 33.8 Å². The Labute approximate surface area is 153 Å². The number of halogens is 1. The van der Waals surface area contributed by atoms with Crippen LogP contribution in [0.25, 0.3) is 0 Å². The summed E-state index contributed by atoms with van der Waals surface area (Å²) in [6, 6.07) is 6.61. The molecular weight excluding hydrogens is 333 g/mol. The zero-order chi connectivity index (χ0) is 18.5. The molecule has 6 nitrogen and oxygen atoms in total. The number of guanidine groups is 1. The van der Waals surface area contributed by atoms with E-state index in [0.717, 1.165) is 61.7 Å². The first-order chi connectivity index (χ1) is 12.6. The second kappa shape index (κ2) is 8.21. The van der Waals surface area contributed by atoms with E-state index in [1.54, 1.807) is 0 Å². The molecule has 0 atom stereocenters. The third-order valence-electron chi connectivity index (χ3n) is 4.80. The number of nitrogens with zero attached hydrogens (tertiary/aromatic N) is 4. The lowest BCUT2D eigenvalue weighted by molar-refractivity contribution is 0.378. The number of hydrogen-bond acceptors (Lipinski definition) is 4. The Hall–Kier alpha value is -2.57. The molecule has 1 aliphatic heterocycles. The average molecular weight is 359 g/mol. The Kier molecular flexibility index (Phi) is 5.75. The molecule has 26 heavy (non-hydrogen) atoms. The Morgan fingerprint density at radius 1 is 1.15 bits per heavy atom. The topological polar surface area (TPSA) is 70.9 Å². The van der Waals surface area contributed by atoms with Gasteiger partial charge in [-0.3, -0.25) is 0 Å². The maximum Gasteiger partial charge on any atom is 0.191 e. The van der Waals surface area contributed by atoms with Crippen molar-refractivity contribution >= 4 is 11.6 Å². The smallest absolute Gasteiger partial charge is 0.191 e. The summed E-state index contributed by atoms with van der Waals surface area (Å²) in [5.41, 5.74) is 9.26. The van der Waals surface area contributed by atoms with E-state index >= 15 is 0 Å². The molecule has 1 aromatic carbocycles. The van der Waals surface area contributed by atoms with Crippen molar-refractivity contribution in [3.8, 4) is 0 Å². The van der Waals surface area contributed by atoms with Gasteiger partial charge in [0.1, 0.15) is 11.6 Å². The van der Waals surface area contributed by atoms with Crippen molar-refractivity contribution in [2.45, 2.75) is 33.2 Å². The van der Waals surface area contributed by atoms with Crippen molar-refractivity contribution in [1.29, 1.82) is 0 Å². The van der Waals surface area contributed by atoms with Gasteiger partial charge in [0.25, 0.3) is 0 Å². The lowest BCUT2D eigenvalue weighted by Crippen LogP contribution is -2.51. The fraction of sp³-hybridized carbons (Fsp3) is 0.474. The predicted octanol–water partition coefficient (Wildman–Crippen LogP) is 2.58. The number of aromatic nitrogens is 1. The minimum absolute atomic E-state index is 0.213. The van der Waals surface area contributed by atoms with Crippen LogP contribution in [0, 0.1) is 5.82 Å². The molecule has 0 amide bonds. The highest BCUT2D eigenvalue weighted by Gasteiger charge is 2.19. The van der Waals surface area contributed by atoms with Crippen molar-refractivity contribution in [3.63, 3.8) is 0 Å². The van der Waals surface area contributed by atoms with Gasteiger partial charge in [-0.2, -0.15) is 0 Å². The van der Waals surface area contributed by atoms with Crippen molar-refractivity contribution in [3.05, 3.63) is 47.1 Å². The molecular formula is C19H26FN5O. The van der Waals surface area contributed by atoms with Gasteiger partial charge in [0.05, 0.1) is 12.2 Å². The van der Waals surface area contributed by atoms with Gasteiger partial charge in [0.2, 0.25) is 0 Å². The Morgan fingerprint density at radius 3 is 2.46 bits per heavy atom. The Bertz CT molecular complexity index is 726. The second-order valence-corrected chi connectivity index (χ2v) is 6.36. The number of aliphatic imine (C=N–C) groups is 1. The quantitative estimate of drug-likeness (QED) is 0.656. The van der Waals surface area contributed by atoms with E-state index in [9.17, 15) is 4.39 Å². The molecule has 1 saturated heterocycles. The van der Waals surface area contributed by atoms with E-state index in [4.69, 9.17) is 10.3 Å². The van der Waals surface area contributed by atoms with Crippen LogP contribution in [0.5, 0.6) is 0 Å². The number of hydrogen-bond donors (Lipinski definition) is 1. The highest BCUT2D eigenvalue weighted by Crippen LogP contribution is 2.18. The normalized spacial score (nSPS) is 15.6. The molecule has 2 N–H and O–H groups in total. The lowest BCUT2D eigenvalue weighted by Gasteiger charge is -2.36. The van der Waals surface area contributed by atoms with Crippen LogP contribution in [0.4, 0.5) is 10.1 Å². The average Bonchev–Trinajstić information content (AvgIpc) is 3.09. The number of nitrogens with two attached hydrogens (primary N) is 1. The van der Waals surface area contributed by atoms with Gasteiger partial charge in [0.15, 0.2) is 5.96 Å². The van der Waals surface area contributed by atoms with Crippen molar-refractivity contribution in [2.75, 3.05) is 31.1 Å². The monoisotopic (exact) mass is 359 g/mol. The molecule has 2 heterocycles. The summed E-state index contributed by atoms with van der Waals surface area (Å²) in [6.45, 7) is 7.84. The standard InChI is InChI=1S/C19H26FN5O/c1-3-17-16(18(4-2)26-23-17)13-22-19(21)25-11-9-24(10-12-25)15-7-5-14(20)6-8-15/h5-8H,3-4,9-13H2,1-2H3,(H2,21,22). The summed E-state index contributed by atoms with van der Waals surface area (Å²) in [6.07, 6.45) is 1.62. The van der Waals surface area contributed by atoms with Crippen LogP contribution in [0.3, 0.4) is 0 Å². The second-order valence-electron chi connectivity index (χ2n) is 6.36. The van der Waals surface area contributed by atoms with Gasteiger partial charge in [-0.05, 0) is 30.7 Å². The number of aryl methyl sites for hydroxylation is 2. The molecule has 1 aromatic heterocycles. The number of anilines is 1. The third kappa shape index (κ3) is 3.98. The molecule has 3 rings (SSSR count). The first kappa shape index (κ1) is 18.2. The first-order valence-corrected chi connectivity index (χ1v) is 9.14. The third-order valence-corrected chi connectivity index (χ3v) is 4.80. The predicted molar refractivity (Wildman–Crippen MR) is 101 cm³/mol. The zero-order valence-corrected chi connectivity index (χ0v) is 15.4. The Morgan fingerprint density at radius 2 is 1.85 bits per heavy atom. The van der Waals surface area contributed by atoms with Crippen molar-refractivity contribution in [2.24, 2.45) is 10.7 Å². The molecule has 0 unspecified atom stereocenters. The van der Waals surface area contributed by atoms with Crippen LogP contribution < -0.4 is 10.6 Å². The minimum atomic E-state index is -0.213. The molecule has 0 aliphatic carbocycles. The lowest BCUT2D eigenvalue weighted by atomic mass is 10.1. The molecule has 7 heteroatoms. The van der Waals surface area contributed by atoms with Gasteiger partial charge in [-0.25, -0.2) is 9.38 Å². The van der Waals surface area contributed by atoms with E-state index in [2.05, 4.69) is 26.9 Å². The van der Waals surface area contributed by atoms with Crippen LogP contribution in [-0.2, 0) is 19.4 Å². The van der Waals surface area contributed by atoms with Crippen LogP contribution in [0.2, 0.25) is 0 Å². The van der Waals surface area contributed by atoms with Crippen LogP contribution in [0.1, 0.15) is 30.9 Å². The number of piperazine rings is 1. The van der Waals surface area contributed by atoms with E-state index in [-0.39, 0.29) is 5.82 Å². The number of benzene rings is 1. The number of rotatable bonds is 5. The van der Waals surface area contributed by atoms with Crippen LogP contribution >= 0.6 is 0 Å². The van der Waals surface area contributed by atoms with E-state index in [1.165, 1.54) is 12.1 Å². The van der Waals surface area contributed by atoms with E-state index in [1.807, 2.05) is 19.1 Å². The molecule has 0 spiro atoms. The van der Waals surface area contributed by atoms with Crippen molar-refractivity contribution in [1.82, 2.24) is 10.1 Å². The highest BCUT2D eigenvalue weighted by molar-refractivity contribution is 5.78. The van der Waals surface area contributed by atoms with Gasteiger partial charge < -0.3 is 20.1 Å². The summed E-state index contributed by atoms with van der Waals surface area (Å²) in [7, 11) is 0. The SMILES string of the molecule is CCc1noc(CC)c1CN=C(N)N1CCN(c2ccc(F)cc2)CC1. The van der Waals surface area contributed by atoms with E-state index in [0.29, 0.717) is 12.5 Å².